The summed E-state index contributed by atoms with van der Waals surface area (Å²) in [4.78, 5) is 3.80. The highest BCUT2D eigenvalue weighted by atomic mass is 35.5. The minimum atomic E-state index is -0.532. The molecule has 1 aliphatic rings. The van der Waals surface area contributed by atoms with Gasteiger partial charge in [0.15, 0.2) is 5.66 Å². The minimum Gasteiger partial charge on any atom is -0.437 e. The van der Waals surface area contributed by atoms with Gasteiger partial charge >= 0.3 is 7.12 Å². The predicted octanol–water partition coefficient (Wildman–Crippen LogP) is 1.63. The van der Waals surface area contributed by atoms with Crippen molar-refractivity contribution in [3.8, 4) is 0 Å². The number of oxazole rings is 1. The van der Waals surface area contributed by atoms with Crippen molar-refractivity contribution < 1.29 is 13.7 Å². The van der Waals surface area contributed by atoms with Gasteiger partial charge in [-0.1, -0.05) is 0 Å². The molecule has 15 heavy (non-hydrogen) atoms. The van der Waals surface area contributed by atoms with E-state index in [9.17, 15) is 0 Å². The molecule has 0 N–H and O–H groups in total. The summed E-state index contributed by atoms with van der Waals surface area (Å²) in [6.45, 7) is 7.91. The first-order chi connectivity index (χ1) is 6.82. The molecule has 0 aliphatic carbocycles. The van der Waals surface area contributed by atoms with Crippen LogP contribution < -0.4 is 5.66 Å². The largest absolute Gasteiger partial charge is 0.534 e. The first kappa shape index (κ1) is 11.0. The Balaban J connectivity index is 2.23. The molecule has 0 atom stereocenters. The van der Waals surface area contributed by atoms with E-state index in [2.05, 4.69) is 4.98 Å². The maximum atomic E-state index is 5.75. The van der Waals surface area contributed by atoms with Gasteiger partial charge in [-0.05, 0) is 39.3 Å². The molecule has 1 fully saturated rings. The lowest BCUT2D eigenvalue weighted by Crippen LogP contribution is -2.41. The first-order valence-corrected chi connectivity index (χ1v) is 5.16. The van der Waals surface area contributed by atoms with Crippen LogP contribution in [0.1, 0.15) is 27.7 Å². The maximum absolute atomic E-state index is 5.75. The van der Waals surface area contributed by atoms with Gasteiger partial charge in [0.2, 0.25) is 0 Å². The normalized spacial score (nSPS) is 23.4. The Morgan fingerprint density at radius 3 is 2.13 bits per heavy atom. The fourth-order valence-corrected chi connectivity index (χ4v) is 1.47. The summed E-state index contributed by atoms with van der Waals surface area (Å²) in [5, 5.41) is 0.0970. The van der Waals surface area contributed by atoms with Crippen LogP contribution in [0.3, 0.4) is 0 Å². The molecular formula is C9H13BClNO3. The predicted molar refractivity (Wildman–Crippen MR) is 57.2 cm³/mol. The van der Waals surface area contributed by atoms with Crippen LogP contribution in [0, 0.1) is 0 Å². The van der Waals surface area contributed by atoms with Crippen molar-refractivity contribution in [2.75, 3.05) is 0 Å². The first-order valence-electron chi connectivity index (χ1n) is 4.79. The van der Waals surface area contributed by atoms with Crippen LogP contribution in [-0.4, -0.2) is 23.3 Å². The third-order valence-electron chi connectivity index (χ3n) is 2.98. The smallest absolute Gasteiger partial charge is 0.437 e. The van der Waals surface area contributed by atoms with Crippen LogP contribution in [0.4, 0.5) is 0 Å². The Hall–Kier alpha value is -0.515. The monoisotopic (exact) mass is 229 g/mol. The molecule has 1 aromatic heterocycles. The standard InChI is InChI=1S/C9H13BClNO3/c1-8(2)9(3,4)15-10(14-8)6-5-12-7(11)13-6/h5H,1-4H3. The Morgan fingerprint density at radius 2 is 1.73 bits per heavy atom. The molecule has 0 saturated carbocycles. The highest BCUT2D eigenvalue weighted by molar-refractivity contribution is 6.60. The molecule has 4 nitrogen and oxygen atoms in total. The van der Waals surface area contributed by atoms with E-state index in [0.29, 0.717) is 5.66 Å². The summed E-state index contributed by atoms with van der Waals surface area (Å²) in [7, 11) is -0.532. The number of hydrogen-bond donors (Lipinski definition) is 0. The van der Waals surface area contributed by atoms with E-state index in [-0.39, 0.29) is 16.6 Å². The van der Waals surface area contributed by atoms with Gasteiger partial charge < -0.3 is 13.7 Å². The highest BCUT2D eigenvalue weighted by Crippen LogP contribution is 2.36. The lowest BCUT2D eigenvalue weighted by Gasteiger charge is -2.32. The average Bonchev–Trinajstić information content (AvgIpc) is 2.56. The van der Waals surface area contributed by atoms with E-state index in [0.717, 1.165) is 0 Å². The lowest BCUT2D eigenvalue weighted by atomic mass is 9.87. The van der Waals surface area contributed by atoms with Crippen LogP contribution in [0.15, 0.2) is 10.6 Å². The van der Waals surface area contributed by atoms with E-state index in [1.807, 2.05) is 27.7 Å². The van der Waals surface area contributed by atoms with E-state index in [1.54, 1.807) is 0 Å². The van der Waals surface area contributed by atoms with E-state index in [4.69, 9.17) is 25.3 Å². The van der Waals surface area contributed by atoms with Crippen molar-refractivity contribution in [2.24, 2.45) is 0 Å². The molecule has 82 valence electrons. The van der Waals surface area contributed by atoms with Gasteiger partial charge in [0.25, 0.3) is 5.35 Å². The van der Waals surface area contributed by atoms with Crippen LogP contribution in [0.25, 0.3) is 0 Å². The topological polar surface area (TPSA) is 44.5 Å². The molecule has 2 rings (SSSR count). The molecule has 1 saturated heterocycles. The molecule has 0 amide bonds. The zero-order chi connectivity index (χ0) is 11.3. The van der Waals surface area contributed by atoms with Crippen molar-refractivity contribution in [3.63, 3.8) is 0 Å². The summed E-state index contributed by atoms with van der Waals surface area (Å²) < 4.78 is 16.7. The third kappa shape index (κ3) is 1.79. The second kappa shape index (κ2) is 3.24. The number of aromatic nitrogens is 1. The van der Waals surface area contributed by atoms with Crippen molar-refractivity contribution in [3.05, 3.63) is 11.5 Å². The average molecular weight is 229 g/mol. The van der Waals surface area contributed by atoms with E-state index in [1.165, 1.54) is 6.20 Å². The molecule has 1 aromatic rings. The second-order valence-corrected chi connectivity index (χ2v) is 4.93. The molecule has 0 spiro atoms. The fourth-order valence-electron chi connectivity index (χ4n) is 1.33. The maximum Gasteiger partial charge on any atom is 0.534 e. The van der Waals surface area contributed by atoms with Crippen LogP contribution in [0.5, 0.6) is 0 Å². The summed E-state index contributed by atoms with van der Waals surface area (Å²) >= 11 is 5.59. The molecular weight excluding hydrogens is 216 g/mol. The number of hydrogen-bond acceptors (Lipinski definition) is 4. The van der Waals surface area contributed by atoms with Crippen LogP contribution >= 0.6 is 11.6 Å². The zero-order valence-electron chi connectivity index (χ0n) is 9.20. The fraction of sp³-hybridized carbons (Fsp3) is 0.667. The Kier molecular flexibility index (Phi) is 2.37. The van der Waals surface area contributed by atoms with Crippen molar-refractivity contribution >= 4 is 24.4 Å². The van der Waals surface area contributed by atoms with Gasteiger partial charge in [0.05, 0.1) is 17.4 Å². The lowest BCUT2D eigenvalue weighted by molar-refractivity contribution is 0.00578. The van der Waals surface area contributed by atoms with Crippen molar-refractivity contribution in [2.45, 2.75) is 38.9 Å². The SMILES string of the molecule is CC1(C)OB(c2cnc(Cl)o2)OC1(C)C. The molecule has 0 radical (unpaired) electrons. The summed E-state index contributed by atoms with van der Waals surface area (Å²) in [5.41, 5.74) is -0.257. The highest BCUT2D eigenvalue weighted by Gasteiger charge is 2.53. The molecule has 6 heteroatoms. The van der Waals surface area contributed by atoms with Crippen LogP contribution in [-0.2, 0) is 9.31 Å². The van der Waals surface area contributed by atoms with Gasteiger partial charge in [0, 0.05) is 0 Å². The van der Waals surface area contributed by atoms with Gasteiger partial charge in [-0.25, -0.2) is 4.98 Å². The van der Waals surface area contributed by atoms with Crippen molar-refractivity contribution in [1.29, 1.82) is 0 Å². The van der Waals surface area contributed by atoms with Crippen LogP contribution in [0.2, 0.25) is 5.35 Å². The second-order valence-electron chi connectivity index (χ2n) is 4.60. The zero-order valence-corrected chi connectivity index (χ0v) is 9.96. The summed E-state index contributed by atoms with van der Waals surface area (Å²) in [5.74, 6) is 0. The summed E-state index contributed by atoms with van der Waals surface area (Å²) in [6.07, 6.45) is 1.52. The molecule has 0 aromatic carbocycles. The van der Waals surface area contributed by atoms with E-state index >= 15 is 0 Å². The summed E-state index contributed by atoms with van der Waals surface area (Å²) in [6, 6.07) is 0. The third-order valence-corrected chi connectivity index (χ3v) is 3.16. The minimum absolute atomic E-state index is 0.0970. The van der Waals surface area contributed by atoms with E-state index < -0.39 is 7.12 Å². The molecule has 0 bridgehead atoms. The molecule has 0 unspecified atom stereocenters. The van der Waals surface area contributed by atoms with Gasteiger partial charge in [-0.3, -0.25) is 0 Å². The Morgan fingerprint density at radius 1 is 1.20 bits per heavy atom. The Bertz CT molecular complexity index is 361. The van der Waals surface area contributed by atoms with Crippen molar-refractivity contribution in [1.82, 2.24) is 4.98 Å². The molecule has 2 heterocycles. The van der Waals surface area contributed by atoms with Gasteiger partial charge in [-0.15, -0.1) is 0 Å². The van der Waals surface area contributed by atoms with Gasteiger partial charge in [-0.2, -0.15) is 0 Å². The number of rotatable bonds is 1. The number of halogens is 1. The molecule has 1 aliphatic heterocycles. The Labute approximate surface area is 94.1 Å². The van der Waals surface area contributed by atoms with Gasteiger partial charge in [0.1, 0.15) is 0 Å². The number of nitrogens with zero attached hydrogens (tertiary/aromatic N) is 1. The quantitative estimate of drug-likeness (QED) is 0.687.